The van der Waals surface area contributed by atoms with Crippen molar-refractivity contribution in [2.24, 2.45) is 0 Å². The Morgan fingerprint density at radius 3 is 1.75 bits per heavy atom. The van der Waals surface area contributed by atoms with Gasteiger partial charge in [-0.15, -0.1) is 0 Å². The van der Waals surface area contributed by atoms with Gasteiger partial charge in [0.1, 0.15) is 11.2 Å². The molecule has 0 bridgehead atoms. The SMILES string of the molecule is c1ccc(-c2ccccc2N(c2ccccc2-c2cccc3c2oc2ccccc23)c2cccc3c2c2ccccc2n3-c2ccccc2)cc1. The topological polar surface area (TPSA) is 21.3 Å². The lowest BCUT2D eigenvalue weighted by Crippen LogP contribution is -2.13. The van der Waals surface area contributed by atoms with E-state index < -0.39 is 0 Å². The van der Waals surface area contributed by atoms with E-state index in [0.717, 1.165) is 72.5 Å². The molecule has 0 atom stereocenters. The molecule has 3 heteroatoms. The van der Waals surface area contributed by atoms with E-state index in [2.05, 4.69) is 198 Å². The van der Waals surface area contributed by atoms with Gasteiger partial charge in [0.2, 0.25) is 0 Å². The van der Waals surface area contributed by atoms with Gasteiger partial charge in [0.25, 0.3) is 0 Å². The fourth-order valence-electron chi connectivity index (χ4n) is 7.82. The highest BCUT2D eigenvalue weighted by Crippen LogP contribution is 2.49. The van der Waals surface area contributed by atoms with Gasteiger partial charge in [-0.1, -0.05) is 146 Å². The zero-order valence-corrected chi connectivity index (χ0v) is 27.8. The van der Waals surface area contributed by atoms with Crippen molar-refractivity contribution in [3.63, 3.8) is 0 Å². The van der Waals surface area contributed by atoms with Crippen molar-refractivity contribution < 1.29 is 4.42 Å². The number of nitrogens with zero attached hydrogens (tertiary/aromatic N) is 2. The molecule has 0 amide bonds. The van der Waals surface area contributed by atoms with Gasteiger partial charge in [-0.3, -0.25) is 0 Å². The quantitative estimate of drug-likeness (QED) is 0.178. The predicted molar refractivity (Wildman–Crippen MR) is 214 cm³/mol. The van der Waals surface area contributed by atoms with E-state index >= 15 is 0 Å². The maximum Gasteiger partial charge on any atom is 0.143 e. The second-order valence-corrected chi connectivity index (χ2v) is 12.9. The van der Waals surface area contributed by atoms with Gasteiger partial charge in [0.15, 0.2) is 0 Å². The van der Waals surface area contributed by atoms with Gasteiger partial charge in [-0.05, 0) is 54.1 Å². The molecule has 0 radical (unpaired) electrons. The number of hydrogen-bond acceptors (Lipinski definition) is 2. The van der Waals surface area contributed by atoms with Crippen LogP contribution < -0.4 is 4.90 Å². The van der Waals surface area contributed by atoms with Crippen molar-refractivity contribution in [2.75, 3.05) is 4.90 Å². The molecule has 51 heavy (non-hydrogen) atoms. The van der Waals surface area contributed by atoms with Gasteiger partial charge < -0.3 is 13.9 Å². The van der Waals surface area contributed by atoms with E-state index in [9.17, 15) is 0 Å². The number of hydrogen-bond donors (Lipinski definition) is 0. The molecule has 0 saturated heterocycles. The van der Waals surface area contributed by atoms with Crippen molar-refractivity contribution in [3.8, 4) is 27.9 Å². The normalized spacial score (nSPS) is 11.5. The number of fused-ring (bicyclic) bond motifs is 6. The average molecular weight is 653 g/mol. The summed E-state index contributed by atoms with van der Waals surface area (Å²) in [5, 5.41) is 4.63. The molecule has 10 aromatic rings. The van der Waals surface area contributed by atoms with E-state index in [-0.39, 0.29) is 0 Å². The Balaban J connectivity index is 1.32. The molecule has 8 aromatic carbocycles. The van der Waals surface area contributed by atoms with Crippen molar-refractivity contribution in [2.45, 2.75) is 0 Å². The molecule has 0 saturated carbocycles. The Kier molecular flexibility index (Phi) is 6.81. The van der Waals surface area contributed by atoms with Crippen LogP contribution in [-0.4, -0.2) is 4.57 Å². The minimum Gasteiger partial charge on any atom is -0.455 e. The maximum absolute atomic E-state index is 6.64. The molecular formula is C48H32N2O. The number of furan rings is 1. The lowest BCUT2D eigenvalue weighted by molar-refractivity contribution is 0.670. The Morgan fingerprint density at radius 1 is 0.373 bits per heavy atom. The number of anilines is 3. The largest absolute Gasteiger partial charge is 0.455 e. The van der Waals surface area contributed by atoms with Crippen LogP contribution in [0.25, 0.3) is 71.7 Å². The van der Waals surface area contributed by atoms with Crippen LogP contribution in [-0.2, 0) is 0 Å². The third kappa shape index (κ3) is 4.67. The van der Waals surface area contributed by atoms with E-state index in [1.54, 1.807) is 0 Å². The van der Waals surface area contributed by atoms with Crippen LogP contribution in [0, 0.1) is 0 Å². The van der Waals surface area contributed by atoms with E-state index in [1.807, 2.05) is 6.07 Å². The zero-order chi connectivity index (χ0) is 33.7. The number of aromatic nitrogens is 1. The first-order valence-electron chi connectivity index (χ1n) is 17.4. The summed E-state index contributed by atoms with van der Waals surface area (Å²) >= 11 is 0. The first-order valence-corrected chi connectivity index (χ1v) is 17.4. The van der Waals surface area contributed by atoms with Crippen LogP contribution in [0.5, 0.6) is 0 Å². The number of benzene rings is 8. The minimum absolute atomic E-state index is 0.890. The molecule has 0 aliphatic heterocycles. The molecule has 2 aromatic heterocycles. The Hall–Kier alpha value is -6.84. The average Bonchev–Trinajstić information content (AvgIpc) is 3.76. The number of para-hydroxylation sites is 6. The zero-order valence-electron chi connectivity index (χ0n) is 27.8. The molecule has 0 spiro atoms. The van der Waals surface area contributed by atoms with Gasteiger partial charge in [0.05, 0.1) is 28.1 Å². The lowest BCUT2D eigenvalue weighted by atomic mass is 9.97. The Labute approximate surface area is 295 Å². The molecule has 3 nitrogen and oxygen atoms in total. The van der Waals surface area contributed by atoms with Crippen molar-refractivity contribution in [1.82, 2.24) is 4.57 Å². The van der Waals surface area contributed by atoms with Crippen LogP contribution in [0.15, 0.2) is 199 Å². The summed E-state index contributed by atoms with van der Waals surface area (Å²) in [5.74, 6) is 0. The van der Waals surface area contributed by atoms with Crippen molar-refractivity contribution in [1.29, 1.82) is 0 Å². The molecule has 0 aliphatic carbocycles. The van der Waals surface area contributed by atoms with Gasteiger partial charge in [-0.2, -0.15) is 0 Å². The standard InChI is InChI=1S/C48H32N2O/c1-3-17-33(18-4-1)35-21-7-11-27-41(35)50(42-28-12-8-22-36(42)38-25-15-26-39-37-23-10-14-32-46(37)51-48(38)39)45-31-16-30-44-47(45)40-24-9-13-29-43(40)49(44)34-19-5-2-6-20-34/h1-32H. The maximum atomic E-state index is 6.64. The number of rotatable bonds is 6. The van der Waals surface area contributed by atoms with Crippen LogP contribution in [0.4, 0.5) is 17.1 Å². The second-order valence-electron chi connectivity index (χ2n) is 12.9. The summed E-state index contributed by atoms with van der Waals surface area (Å²) in [6.45, 7) is 0. The summed E-state index contributed by atoms with van der Waals surface area (Å²) in [4.78, 5) is 2.46. The smallest absolute Gasteiger partial charge is 0.143 e. The minimum atomic E-state index is 0.890. The Bertz CT molecular complexity index is 2860. The molecule has 240 valence electrons. The van der Waals surface area contributed by atoms with E-state index in [0.29, 0.717) is 0 Å². The third-order valence-electron chi connectivity index (χ3n) is 10.0. The van der Waals surface area contributed by atoms with Crippen LogP contribution in [0.2, 0.25) is 0 Å². The molecule has 2 heterocycles. The summed E-state index contributed by atoms with van der Waals surface area (Å²) in [7, 11) is 0. The third-order valence-corrected chi connectivity index (χ3v) is 10.0. The summed E-state index contributed by atoms with van der Waals surface area (Å²) < 4.78 is 9.02. The van der Waals surface area contributed by atoms with Crippen molar-refractivity contribution >= 4 is 60.8 Å². The summed E-state index contributed by atoms with van der Waals surface area (Å²) in [6.07, 6.45) is 0. The molecule has 10 rings (SSSR count). The van der Waals surface area contributed by atoms with Crippen LogP contribution in [0.3, 0.4) is 0 Å². The fourth-order valence-corrected chi connectivity index (χ4v) is 7.82. The molecule has 0 unspecified atom stereocenters. The molecular weight excluding hydrogens is 621 g/mol. The van der Waals surface area contributed by atoms with E-state index in [1.165, 1.54) is 16.3 Å². The van der Waals surface area contributed by atoms with Crippen molar-refractivity contribution in [3.05, 3.63) is 194 Å². The summed E-state index contributed by atoms with van der Waals surface area (Å²) in [5.41, 5.74) is 13.0. The predicted octanol–water partition coefficient (Wildman–Crippen LogP) is 13.5. The highest BCUT2D eigenvalue weighted by Gasteiger charge is 2.25. The monoisotopic (exact) mass is 652 g/mol. The second kappa shape index (κ2) is 11.9. The van der Waals surface area contributed by atoms with Crippen LogP contribution >= 0.6 is 0 Å². The summed E-state index contributed by atoms with van der Waals surface area (Å²) in [6, 6.07) is 69.1. The van der Waals surface area contributed by atoms with E-state index in [4.69, 9.17) is 4.42 Å². The van der Waals surface area contributed by atoms with Gasteiger partial charge >= 0.3 is 0 Å². The molecule has 0 N–H and O–H groups in total. The van der Waals surface area contributed by atoms with Crippen LogP contribution in [0.1, 0.15) is 0 Å². The highest BCUT2D eigenvalue weighted by molar-refractivity contribution is 6.18. The first kappa shape index (κ1) is 29.1. The van der Waals surface area contributed by atoms with Gasteiger partial charge in [-0.25, -0.2) is 0 Å². The van der Waals surface area contributed by atoms with Gasteiger partial charge in [0, 0.05) is 43.9 Å². The Morgan fingerprint density at radius 2 is 0.922 bits per heavy atom. The molecule has 0 aliphatic rings. The first-order chi connectivity index (χ1) is 25.3. The lowest BCUT2D eigenvalue weighted by Gasteiger charge is -2.30. The highest BCUT2D eigenvalue weighted by atomic mass is 16.3. The molecule has 0 fully saturated rings. The fraction of sp³-hybridized carbons (Fsp3) is 0.